The molecular formula is C18H26O5. The van der Waals surface area contributed by atoms with Crippen molar-refractivity contribution in [1.29, 1.82) is 0 Å². The monoisotopic (exact) mass is 322 g/mol. The lowest BCUT2D eigenvalue weighted by Crippen LogP contribution is -2.23. The molecule has 0 fully saturated rings. The lowest BCUT2D eigenvalue weighted by molar-refractivity contribution is -0.137. The van der Waals surface area contributed by atoms with Gasteiger partial charge < -0.3 is 14.2 Å². The van der Waals surface area contributed by atoms with Crippen molar-refractivity contribution in [2.24, 2.45) is 0 Å². The molecule has 0 aliphatic heterocycles. The molecule has 23 heavy (non-hydrogen) atoms. The zero-order valence-electron chi connectivity index (χ0n) is 14.6. The number of rotatable bonds is 7. The Morgan fingerprint density at radius 2 is 1.43 bits per heavy atom. The number of hydrogen-bond acceptors (Lipinski definition) is 5. The number of esters is 2. The molecule has 1 aromatic carbocycles. The van der Waals surface area contributed by atoms with Gasteiger partial charge >= 0.3 is 11.9 Å². The van der Waals surface area contributed by atoms with Crippen molar-refractivity contribution < 1.29 is 23.8 Å². The third-order valence-electron chi connectivity index (χ3n) is 2.70. The van der Waals surface area contributed by atoms with Crippen molar-refractivity contribution in [3.05, 3.63) is 18.2 Å². The van der Waals surface area contributed by atoms with Crippen LogP contribution in [0.4, 0.5) is 0 Å². The summed E-state index contributed by atoms with van der Waals surface area (Å²) in [7, 11) is 0. The standard InChI is InChI=1S/C18H26O5/c1-6-8-16(19)21-14-11-10-13(23-18(3,4)5)12-15(14)22-17(20)9-7-2/h10-12H,6-9H2,1-5H3. The van der Waals surface area contributed by atoms with Gasteiger partial charge in [-0.25, -0.2) is 0 Å². The number of ether oxygens (including phenoxy) is 3. The zero-order chi connectivity index (χ0) is 17.5. The van der Waals surface area contributed by atoms with E-state index in [0.29, 0.717) is 31.4 Å². The molecule has 0 saturated heterocycles. The normalized spacial score (nSPS) is 11.0. The number of carbonyl (C=O) groups is 2. The van der Waals surface area contributed by atoms with E-state index in [1.54, 1.807) is 18.2 Å². The van der Waals surface area contributed by atoms with E-state index in [4.69, 9.17) is 14.2 Å². The molecule has 0 heterocycles. The molecule has 0 unspecified atom stereocenters. The van der Waals surface area contributed by atoms with E-state index in [1.165, 1.54) is 0 Å². The van der Waals surface area contributed by atoms with E-state index >= 15 is 0 Å². The van der Waals surface area contributed by atoms with Gasteiger partial charge in [-0.05, 0) is 45.7 Å². The second kappa shape index (κ2) is 8.56. The van der Waals surface area contributed by atoms with Crippen LogP contribution in [0.5, 0.6) is 17.2 Å². The van der Waals surface area contributed by atoms with Crippen molar-refractivity contribution in [3.8, 4) is 17.2 Å². The predicted octanol–water partition coefficient (Wildman–Crippen LogP) is 4.27. The first-order valence-electron chi connectivity index (χ1n) is 7.99. The fourth-order valence-corrected chi connectivity index (χ4v) is 1.83. The maximum Gasteiger partial charge on any atom is 0.311 e. The summed E-state index contributed by atoms with van der Waals surface area (Å²) < 4.78 is 16.4. The molecule has 0 radical (unpaired) electrons. The molecule has 0 amide bonds. The van der Waals surface area contributed by atoms with E-state index in [0.717, 1.165) is 0 Å². The Balaban J connectivity index is 3.02. The molecule has 0 aliphatic carbocycles. The third-order valence-corrected chi connectivity index (χ3v) is 2.70. The fraction of sp³-hybridized carbons (Fsp3) is 0.556. The topological polar surface area (TPSA) is 61.8 Å². The van der Waals surface area contributed by atoms with Crippen LogP contribution in [0.2, 0.25) is 0 Å². The summed E-state index contributed by atoms with van der Waals surface area (Å²) in [6.07, 6.45) is 1.98. The molecule has 1 aromatic rings. The number of hydrogen-bond donors (Lipinski definition) is 0. The Bertz CT molecular complexity index is 543. The Morgan fingerprint density at radius 3 is 1.91 bits per heavy atom. The average molecular weight is 322 g/mol. The highest BCUT2D eigenvalue weighted by Gasteiger charge is 2.17. The smallest absolute Gasteiger partial charge is 0.311 e. The van der Waals surface area contributed by atoms with Crippen molar-refractivity contribution in [1.82, 2.24) is 0 Å². The number of carbonyl (C=O) groups excluding carboxylic acids is 2. The lowest BCUT2D eigenvalue weighted by atomic mass is 10.2. The maximum absolute atomic E-state index is 11.8. The summed E-state index contributed by atoms with van der Waals surface area (Å²) in [5, 5.41) is 0. The molecular weight excluding hydrogens is 296 g/mol. The first kappa shape index (κ1) is 19.0. The van der Waals surface area contributed by atoms with Gasteiger partial charge in [0.25, 0.3) is 0 Å². The molecule has 0 atom stereocenters. The van der Waals surface area contributed by atoms with Gasteiger partial charge in [-0.15, -0.1) is 0 Å². The molecule has 0 spiro atoms. The second-order valence-corrected chi connectivity index (χ2v) is 6.27. The van der Waals surface area contributed by atoms with Gasteiger partial charge in [0.1, 0.15) is 11.4 Å². The molecule has 0 N–H and O–H groups in total. The highest BCUT2D eigenvalue weighted by Crippen LogP contribution is 2.33. The van der Waals surface area contributed by atoms with E-state index in [2.05, 4.69) is 0 Å². The van der Waals surface area contributed by atoms with Crippen LogP contribution >= 0.6 is 0 Å². The lowest BCUT2D eigenvalue weighted by Gasteiger charge is -2.22. The van der Waals surface area contributed by atoms with Crippen molar-refractivity contribution in [2.45, 2.75) is 65.9 Å². The second-order valence-electron chi connectivity index (χ2n) is 6.27. The summed E-state index contributed by atoms with van der Waals surface area (Å²) in [4.78, 5) is 23.5. The van der Waals surface area contributed by atoms with Crippen LogP contribution in [0.15, 0.2) is 18.2 Å². The summed E-state index contributed by atoms with van der Waals surface area (Å²) in [6, 6.07) is 4.85. The minimum absolute atomic E-state index is 0.203. The van der Waals surface area contributed by atoms with Crippen LogP contribution in [0.25, 0.3) is 0 Å². The van der Waals surface area contributed by atoms with Gasteiger partial charge in [-0.2, -0.15) is 0 Å². The maximum atomic E-state index is 11.8. The van der Waals surface area contributed by atoms with Crippen LogP contribution < -0.4 is 14.2 Å². The number of benzene rings is 1. The van der Waals surface area contributed by atoms with Gasteiger partial charge in [0.05, 0.1) is 0 Å². The van der Waals surface area contributed by atoms with Gasteiger partial charge in [0, 0.05) is 18.9 Å². The first-order chi connectivity index (χ1) is 10.7. The largest absolute Gasteiger partial charge is 0.488 e. The van der Waals surface area contributed by atoms with E-state index in [1.807, 2.05) is 34.6 Å². The Hall–Kier alpha value is -2.04. The summed E-state index contributed by atoms with van der Waals surface area (Å²) in [5.74, 6) is 0.258. The molecule has 0 aromatic heterocycles. The summed E-state index contributed by atoms with van der Waals surface area (Å²) in [6.45, 7) is 9.55. The Kier molecular flexibility index (Phi) is 7.07. The van der Waals surface area contributed by atoms with Crippen LogP contribution in [0, 0.1) is 0 Å². The molecule has 0 bridgehead atoms. The Morgan fingerprint density at radius 1 is 0.913 bits per heavy atom. The van der Waals surface area contributed by atoms with Gasteiger partial charge in [0.15, 0.2) is 11.5 Å². The molecule has 5 nitrogen and oxygen atoms in total. The Labute approximate surface area is 137 Å². The highest BCUT2D eigenvalue weighted by atomic mass is 16.6. The van der Waals surface area contributed by atoms with E-state index < -0.39 is 0 Å². The minimum Gasteiger partial charge on any atom is -0.488 e. The molecule has 5 heteroatoms. The molecule has 0 aliphatic rings. The zero-order valence-corrected chi connectivity index (χ0v) is 14.6. The van der Waals surface area contributed by atoms with Gasteiger partial charge in [-0.3, -0.25) is 9.59 Å². The van der Waals surface area contributed by atoms with E-state index in [-0.39, 0.29) is 29.0 Å². The van der Waals surface area contributed by atoms with Crippen molar-refractivity contribution in [3.63, 3.8) is 0 Å². The van der Waals surface area contributed by atoms with Crippen LogP contribution in [0.1, 0.15) is 60.3 Å². The highest BCUT2D eigenvalue weighted by molar-refractivity contribution is 5.76. The quantitative estimate of drug-likeness (QED) is 0.554. The third kappa shape index (κ3) is 7.17. The van der Waals surface area contributed by atoms with Gasteiger partial charge in [-0.1, -0.05) is 13.8 Å². The minimum atomic E-state index is -0.384. The average Bonchev–Trinajstić information content (AvgIpc) is 2.40. The molecule has 1 rings (SSSR count). The summed E-state index contributed by atoms with van der Waals surface area (Å²) in [5.41, 5.74) is -0.384. The van der Waals surface area contributed by atoms with Crippen LogP contribution in [0.3, 0.4) is 0 Å². The molecule has 128 valence electrons. The summed E-state index contributed by atoms with van der Waals surface area (Å²) >= 11 is 0. The van der Waals surface area contributed by atoms with Crippen LogP contribution in [-0.4, -0.2) is 17.5 Å². The van der Waals surface area contributed by atoms with Crippen LogP contribution in [-0.2, 0) is 9.59 Å². The fourth-order valence-electron chi connectivity index (χ4n) is 1.83. The van der Waals surface area contributed by atoms with Crippen molar-refractivity contribution >= 4 is 11.9 Å². The SMILES string of the molecule is CCCC(=O)Oc1ccc(OC(C)(C)C)cc1OC(=O)CCC. The molecule has 0 saturated carbocycles. The van der Waals surface area contributed by atoms with E-state index in [9.17, 15) is 9.59 Å². The predicted molar refractivity (Wildman–Crippen MR) is 87.9 cm³/mol. The van der Waals surface area contributed by atoms with Gasteiger partial charge in [0.2, 0.25) is 0 Å². The van der Waals surface area contributed by atoms with Crippen molar-refractivity contribution in [2.75, 3.05) is 0 Å². The first-order valence-corrected chi connectivity index (χ1v) is 7.99.